The fourth-order valence-corrected chi connectivity index (χ4v) is 2.81. The molecule has 0 saturated heterocycles. The number of hydrogen-bond donors (Lipinski definition) is 2. The zero-order valence-corrected chi connectivity index (χ0v) is 15.3. The Balaban J connectivity index is 1.64. The van der Waals surface area contributed by atoms with Crippen LogP contribution in [0, 0.1) is 15.9 Å². The van der Waals surface area contributed by atoms with Crippen molar-refractivity contribution < 1.29 is 9.31 Å². The number of nitro groups is 1. The van der Waals surface area contributed by atoms with E-state index in [1.807, 2.05) is 0 Å². The van der Waals surface area contributed by atoms with Crippen LogP contribution in [0.2, 0.25) is 5.02 Å². The average molecular weight is 406 g/mol. The van der Waals surface area contributed by atoms with Crippen molar-refractivity contribution in [3.05, 3.63) is 81.4 Å². The number of halogens is 2. The molecule has 0 spiro atoms. The van der Waals surface area contributed by atoms with Crippen LogP contribution >= 0.6 is 23.8 Å². The fourth-order valence-electron chi connectivity index (χ4n) is 2.35. The Labute approximate surface area is 163 Å². The minimum Gasteiger partial charge on any atom is -0.332 e. The smallest absolute Gasteiger partial charge is 0.271 e. The monoisotopic (exact) mass is 405 g/mol. The molecule has 0 bridgehead atoms. The van der Waals surface area contributed by atoms with Gasteiger partial charge in [-0.25, -0.2) is 4.39 Å². The third-order valence-corrected chi connectivity index (χ3v) is 4.15. The van der Waals surface area contributed by atoms with Crippen LogP contribution in [0.25, 0.3) is 0 Å². The number of thiocarbonyl (C=S) groups is 1. The van der Waals surface area contributed by atoms with E-state index in [9.17, 15) is 14.5 Å². The maximum Gasteiger partial charge on any atom is 0.271 e. The summed E-state index contributed by atoms with van der Waals surface area (Å²) in [7, 11) is 0. The molecule has 3 aromatic rings. The fraction of sp³-hybridized carbons (Fsp3) is 0.0588. The second-order valence-electron chi connectivity index (χ2n) is 5.51. The molecular formula is C17H13ClFN5O2S. The Morgan fingerprint density at radius 1 is 1.26 bits per heavy atom. The molecule has 27 heavy (non-hydrogen) atoms. The Bertz CT molecular complexity index is 990. The van der Waals surface area contributed by atoms with Gasteiger partial charge in [0.1, 0.15) is 5.82 Å². The summed E-state index contributed by atoms with van der Waals surface area (Å²) in [6, 6.07) is 10.5. The van der Waals surface area contributed by atoms with E-state index in [1.54, 1.807) is 24.4 Å². The third-order valence-electron chi connectivity index (χ3n) is 3.59. The molecule has 0 amide bonds. The van der Waals surface area contributed by atoms with Gasteiger partial charge < -0.3 is 10.6 Å². The van der Waals surface area contributed by atoms with E-state index in [0.29, 0.717) is 22.0 Å². The maximum absolute atomic E-state index is 13.9. The standard InChI is InChI=1S/C17H13ClFN5O2S/c18-15-5-2-6-16(19)14(15)10-23-9-12(8-20-23)22-17(27)21-11-3-1-4-13(7-11)24(25)26/h1-9H,10H2,(H2,21,22,27). The summed E-state index contributed by atoms with van der Waals surface area (Å²) < 4.78 is 15.4. The highest BCUT2D eigenvalue weighted by Gasteiger charge is 2.10. The normalized spacial score (nSPS) is 10.4. The van der Waals surface area contributed by atoms with E-state index in [2.05, 4.69) is 15.7 Å². The summed E-state index contributed by atoms with van der Waals surface area (Å²) in [6.45, 7) is 0.165. The van der Waals surface area contributed by atoms with Crippen LogP contribution in [0.1, 0.15) is 5.56 Å². The molecule has 1 heterocycles. The molecule has 0 aliphatic carbocycles. The first-order chi connectivity index (χ1) is 12.9. The minimum atomic E-state index is -0.487. The molecule has 2 N–H and O–H groups in total. The molecule has 138 valence electrons. The van der Waals surface area contributed by atoms with Crippen LogP contribution in [0.5, 0.6) is 0 Å². The number of nitrogens with zero attached hydrogens (tertiary/aromatic N) is 3. The van der Waals surface area contributed by atoms with Gasteiger partial charge in [0.05, 0.1) is 23.4 Å². The quantitative estimate of drug-likeness (QED) is 0.371. The Kier molecular flexibility index (Phi) is 5.63. The topological polar surface area (TPSA) is 85.0 Å². The van der Waals surface area contributed by atoms with Gasteiger partial charge in [0, 0.05) is 34.6 Å². The van der Waals surface area contributed by atoms with Crippen molar-refractivity contribution in [3.63, 3.8) is 0 Å². The molecule has 0 aliphatic rings. The lowest BCUT2D eigenvalue weighted by atomic mass is 10.2. The van der Waals surface area contributed by atoms with E-state index in [0.717, 1.165) is 0 Å². The van der Waals surface area contributed by atoms with E-state index in [1.165, 1.54) is 35.1 Å². The lowest BCUT2D eigenvalue weighted by molar-refractivity contribution is -0.384. The molecule has 0 unspecified atom stereocenters. The Hall–Kier alpha value is -3.04. The van der Waals surface area contributed by atoms with Crippen molar-refractivity contribution in [2.75, 3.05) is 10.6 Å². The second kappa shape index (κ2) is 8.11. The van der Waals surface area contributed by atoms with Crippen LogP contribution in [0.15, 0.2) is 54.9 Å². The summed E-state index contributed by atoms with van der Waals surface area (Å²) in [5, 5.41) is 21.3. The van der Waals surface area contributed by atoms with Gasteiger partial charge in [0.25, 0.3) is 5.69 Å². The Morgan fingerprint density at radius 3 is 2.74 bits per heavy atom. The summed E-state index contributed by atoms with van der Waals surface area (Å²) in [6.07, 6.45) is 3.17. The van der Waals surface area contributed by atoms with Crippen molar-refractivity contribution in [1.82, 2.24) is 9.78 Å². The van der Waals surface area contributed by atoms with Gasteiger partial charge in [-0.2, -0.15) is 5.10 Å². The van der Waals surface area contributed by atoms with E-state index in [-0.39, 0.29) is 17.3 Å². The molecule has 2 aromatic carbocycles. The predicted molar refractivity (Wildman–Crippen MR) is 106 cm³/mol. The highest BCUT2D eigenvalue weighted by Crippen LogP contribution is 2.21. The van der Waals surface area contributed by atoms with Crippen molar-refractivity contribution in [1.29, 1.82) is 0 Å². The van der Waals surface area contributed by atoms with E-state index in [4.69, 9.17) is 23.8 Å². The number of anilines is 2. The van der Waals surface area contributed by atoms with Crippen molar-refractivity contribution in [2.24, 2.45) is 0 Å². The van der Waals surface area contributed by atoms with Gasteiger partial charge in [-0.05, 0) is 30.4 Å². The number of aromatic nitrogens is 2. The lowest BCUT2D eigenvalue weighted by Gasteiger charge is -2.09. The van der Waals surface area contributed by atoms with Crippen LogP contribution < -0.4 is 10.6 Å². The van der Waals surface area contributed by atoms with Crippen molar-refractivity contribution in [2.45, 2.75) is 6.54 Å². The summed E-state index contributed by atoms with van der Waals surface area (Å²) in [5.74, 6) is -0.407. The minimum absolute atomic E-state index is 0.0441. The molecule has 3 rings (SSSR count). The summed E-state index contributed by atoms with van der Waals surface area (Å²) in [4.78, 5) is 10.3. The predicted octanol–water partition coefficient (Wildman–Crippen LogP) is 4.44. The first-order valence-corrected chi connectivity index (χ1v) is 8.49. The van der Waals surface area contributed by atoms with Gasteiger partial charge in [0.15, 0.2) is 5.11 Å². The molecule has 7 nitrogen and oxygen atoms in total. The van der Waals surface area contributed by atoms with Crippen LogP contribution in [-0.2, 0) is 6.54 Å². The molecule has 0 fully saturated rings. The number of benzene rings is 2. The number of nitrogens with one attached hydrogen (secondary N) is 2. The second-order valence-corrected chi connectivity index (χ2v) is 6.33. The zero-order chi connectivity index (χ0) is 19.4. The number of hydrogen-bond acceptors (Lipinski definition) is 4. The van der Waals surface area contributed by atoms with Gasteiger partial charge in [-0.3, -0.25) is 14.8 Å². The van der Waals surface area contributed by atoms with Gasteiger partial charge in [-0.15, -0.1) is 0 Å². The lowest BCUT2D eigenvalue weighted by Crippen LogP contribution is -2.18. The highest BCUT2D eigenvalue weighted by molar-refractivity contribution is 7.80. The molecular weight excluding hydrogens is 393 g/mol. The van der Waals surface area contributed by atoms with Crippen LogP contribution in [0.3, 0.4) is 0 Å². The maximum atomic E-state index is 13.9. The van der Waals surface area contributed by atoms with Crippen molar-refractivity contribution in [3.8, 4) is 0 Å². The molecule has 1 aromatic heterocycles. The summed E-state index contributed by atoms with van der Waals surface area (Å²) in [5.41, 5.74) is 1.35. The number of rotatable bonds is 5. The van der Waals surface area contributed by atoms with E-state index >= 15 is 0 Å². The number of non-ortho nitro benzene ring substituents is 1. The van der Waals surface area contributed by atoms with Crippen LogP contribution in [-0.4, -0.2) is 19.8 Å². The Morgan fingerprint density at radius 2 is 2.00 bits per heavy atom. The third kappa shape index (κ3) is 4.78. The SMILES string of the molecule is O=[N+]([O-])c1cccc(NC(=S)Nc2cnn(Cc3c(F)cccc3Cl)c2)c1. The zero-order valence-electron chi connectivity index (χ0n) is 13.7. The van der Waals surface area contributed by atoms with Gasteiger partial charge in [-0.1, -0.05) is 23.7 Å². The average Bonchev–Trinajstić information content (AvgIpc) is 3.05. The van der Waals surface area contributed by atoms with Gasteiger partial charge in [0.2, 0.25) is 0 Å². The molecule has 0 saturated carbocycles. The van der Waals surface area contributed by atoms with Crippen LogP contribution in [0.4, 0.5) is 21.5 Å². The first kappa shape index (κ1) is 18.7. The molecule has 10 heteroatoms. The van der Waals surface area contributed by atoms with Gasteiger partial charge >= 0.3 is 0 Å². The first-order valence-electron chi connectivity index (χ1n) is 7.70. The highest BCUT2D eigenvalue weighted by atomic mass is 35.5. The largest absolute Gasteiger partial charge is 0.332 e. The van der Waals surface area contributed by atoms with E-state index < -0.39 is 10.7 Å². The number of nitro benzene ring substituents is 1. The van der Waals surface area contributed by atoms with Crippen molar-refractivity contribution >= 4 is 46.0 Å². The molecule has 0 aliphatic heterocycles. The molecule has 0 atom stereocenters. The molecule has 0 radical (unpaired) electrons. The summed E-state index contributed by atoms with van der Waals surface area (Å²) >= 11 is 11.2.